The molecule has 4 aromatic rings. The summed E-state index contributed by atoms with van der Waals surface area (Å²) in [5, 5.41) is 4.00. The molecule has 0 atom stereocenters. The lowest BCUT2D eigenvalue weighted by atomic mass is 9.96. The average molecular weight is 589 g/mol. The van der Waals surface area contributed by atoms with Crippen molar-refractivity contribution in [3.63, 3.8) is 0 Å². The summed E-state index contributed by atoms with van der Waals surface area (Å²) in [5.41, 5.74) is 1.05. The van der Waals surface area contributed by atoms with E-state index in [-0.39, 0.29) is 30.2 Å². The number of carbonyl (C=O) groups is 3. The highest BCUT2D eigenvalue weighted by atomic mass is 35.5. The molecule has 3 heterocycles. The molecule has 42 heavy (non-hydrogen) atoms. The number of benzene rings is 2. The molecule has 0 aliphatic carbocycles. The molecule has 0 unspecified atom stereocenters. The SMILES string of the molecule is CC(C)(C)OC(=O)N1CCC(C(=O)Nc2cc(Oc3ccc4c(c3)c(Cl)cn4C(=O)Cc3ccccc3)ccn2)CC1. The van der Waals surface area contributed by atoms with Crippen LogP contribution in [-0.2, 0) is 16.0 Å². The monoisotopic (exact) mass is 588 g/mol. The van der Waals surface area contributed by atoms with Gasteiger partial charge in [0.15, 0.2) is 0 Å². The molecular weight excluding hydrogens is 556 g/mol. The Morgan fingerprint density at radius 2 is 1.71 bits per heavy atom. The smallest absolute Gasteiger partial charge is 0.410 e. The molecule has 0 spiro atoms. The Hall–Kier alpha value is -4.37. The van der Waals surface area contributed by atoms with Crippen molar-refractivity contribution in [3.8, 4) is 11.5 Å². The number of fused-ring (bicyclic) bond motifs is 1. The maximum atomic E-state index is 13.0. The molecule has 10 heteroatoms. The second-order valence-corrected chi connectivity index (χ2v) is 11.7. The first-order valence-corrected chi connectivity index (χ1v) is 14.2. The van der Waals surface area contributed by atoms with E-state index in [9.17, 15) is 14.4 Å². The average Bonchev–Trinajstić information content (AvgIpc) is 3.29. The Bertz CT molecular complexity index is 1600. The van der Waals surface area contributed by atoms with Crippen LogP contribution < -0.4 is 10.1 Å². The van der Waals surface area contributed by atoms with E-state index in [1.165, 1.54) is 0 Å². The van der Waals surface area contributed by atoms with E-state index >= 15 is 0 Å². The van der Waals surface area contributed by atoms with Crippen molar-refractivity contribution in [2.75, 3.05) is 18.4 Å². The molecule has 0 bridgehead atoms. The van der Waals surface area contributed by atoms with Crippen LogP contribution in [0.25, 0.3) is 10.9 Å². The van der Waals surface area contributed by atoms with Crippen molar-refractivity contribution in [2.45, 2.75) is 45.6 Å². The summed E-state index contributed by atoms with van der Waals surface area (Å²) in [5.74, 6) is 0.887. The van der Waals surface area contributed by atoms with Crippen LogP contribution in [0.2, 0.25) is 5.02 Å². The Balaban J connectivity index is 1.21. The second-order valence-electron chi connectivity index (χ2n) is 11.3. The Morgan fingerprint density at radius 3 is 2.43 bits per heavy atom. The number of halogens is 1. The maximum absolute atomic E-state index is 13.0. The molecule has 2 aromatic heterocycles. The fourth-order valence-corrected chi connectivity index (χ4v) is 5.10. The van der Waals surface area contributed by atoms with Crippen molar-refractivity contribution in [3.05, 3.63) is 83.6 Å². The van der Waals surface area contributed by atoms with Gasteiger partial charge in [-0.1, -0.05) is 41.9 Å². The summed E-state index contributed by atoms with van der Waals surface area (Å²) < 4.78 is 13.0. The Morgan fingerprint density at radius 1 is 1.00 bits per heavy atom. The van der Waals surface area contributed by atoms with Crippen LogP contribution in [0.4, 0.5) is 10.6 Å². The summed E-state index contributed by atoms with van der Waals surface area (Å²) in [6.07, 6.45) is 4.15. The van der Waals surface area contributed by atoms with E-state index in [0.29, 0.717) is 59.2 Å². The van der Waals surface area contributed by atoms with Gasteiger partial charge in [0.2, 0.25) is 11.8 Å². The largest absolute Gasteiger partial charge is 0.457 e. The molecule has 1 aliphatic heterocycles. The van der Waals surface area contributed by atoms with Crippen molar-refractivity contribution >= 4 is 46.2 Å². The van der Waals surface area contributed by atoms with E-state index < -0.39 is 5.60 Å². The molecule has 9 nitrogen and oxygen atoms in total. The van der Waals surface area contributed by atoms with Gasteiger partial charge in [-0.2, -0.15) is 0 Å². The summed E-state index contributed by atoms with van der Waals surface area (Å²) in [7, 11) is 0. The van der Waals surface area contributed by atoms with Crippen molar-refractivity contribution in [1.29, 1.82) is 0 Å². The van der Waals surface area contributed by atoms with E-state index in [0.717, 1.165) is 5.56 Å². The van der Waals surface area contributed by atoms with Crippen LogP contribution in [0.15, 0.2) is 73.1 Å². The first-order valence-electron chi connectivity index (χ1n) is 13.9. The molecule has 218 valence electrons. The third kappa shape index (κ3) is 7.09. The van der Waals surface area contributed by atoms with Gasteiger partial charge in [-0.3, -0.25) is 14.2 Å². The zero-order valence-electron chi connectivity index (χ0n) is 23.8. The standard InChI is InChI=1S/C32H33ClN4O5/c1-32(2,3)42-31(40)36-15-12-22(13-16-36)30(39)35-28-19-24(11-14-34-28)41-23-9-10-27-25(18-23)26(33)20-37(27)29(38)17-21-7-5-4-6-8-21/h4-11,14,18-20,22H,12-13,15-17H2,1-3H3,(H,34,35,39). The highest BCUT2D eigenvalue weighted by molar-refractivity contribution is 6.36. The van der Waals surface area contributed by atoms with Gasteiger partial charge >= 0.3 is 6.09 Å². The van der Waals surface area contributed by atoms with Crippen LogP contribution in [0.3, 0.4) is 0 Å². The number of pyridine rings is 1. The zero-order valence-corrected chi connectivity index (χ0v) is 24.6. The number of nitrogens with zero attached hydrogens (tertiary/aromatic N) is 3. The number of piperidine rings is 1. The van der Waals surface area contributed by atoms with E-state index in [2.05, 4.69) is 10.3 Å². The Labute approximate surface area is 249 Å². The lowest BCUT2D eigenvalue weighted by molar-refractivity contribution is -0.121. The number of hydrogen-bond acceptors (Lipinski definition) is 6. The first kappa shape index (κ1) is 29.1. The third-order valence-corrected chi connectivity index (χ3v) is 7.23. The molecule has 0 saturated carbocycles. The van der Waals surface area contributed by atoms with E-state index in [1.807, 2.05) is 51.1 Å². The zero-order chi connectivity index (χ0) is 29.9. The summed E-state index contributed by atoms with van der Waals surface area (Å²) in [4.78, 5) is 44.1. The number of aromatic nitrogens is 2. The molecule has 5 rings (SSSR count). The highest BCUT2D eigenvalue weighted by Gasteiger charge is 2.30. The molecule has 1 aliphatic rings. The fourth-order valence-electron chi connectivity index (χ4n) is 4.85. The number of anilines is 1. The summed E-state index contributed by atoms with van der Waals surface area (Å²) >= 11 is 6.50. The summed E-state index contributed by atoms with van der Waals surface area (Å²) in [6, 6.07) is 18.2. The Kier molecular flexibility index (Phi) is 8.49. The number of ether oxygens (including phenoxy) is 2. The predicted octanol–water partition coefficient (Wildman–Crippen LogP) is 6.95. The molecular formula is C32H33ClN4O5. The lowest BCUT2D eigenvalue weighted by Gasteiger charge is -2.32. The van der Waals surface area contributed by atoms with Crippen LogP contribution in [-0.4, -0.2) is 51.0 Å². The minimum absolute atomic E-state index is 0.0863. The number of rotatable bonds is 6. The molecule has 2 aromatic carbocycles. The molecule has 1 saturated heterocycles. The number of carbonyl (C=O) groups excluding carboxylic acids is 3. The number of likely N-dealkylation sites (tertiary alicyclic amines) is 1. The van der Waals surface area contributed by atoms with Gasteiger partial charge in [0.05, 0.1) is 17.0 Å². The normalized spacial score (nSPS) is 14.0. The minimum Gasteiger partial charge on any atom is -0.457 e. The van der Waals surface area contributed by atoms with Gasteiger partial charge in [0, 0.05) is 42.9 Å². The van der Waals surface area contributed by atoms with Crippen LogP contribution in [0, 0.1) is 5.92 Å². The second kappa shape index (κ2) is 12.2. The number of amides is 2. The van der Waals surface area contributed by atoms with Gasteiger partial charge in [0.1, 0.15) is 22.9 Å². The fraction of sp³-hybridized carbons (Fsp3) is 0.312. The van der Waals surface area contributed by atoms with Crippen molar-refractivity contribution in [1.82, 2.24) is 14.5 Å². The molecule has 2 amide bonds. The molecule has 1 fully saturated rings. The maximum Gasteiger partial charge on any atom is 0.410 e. The number of hydrogen-bond donors (Lipinski definition) is 1. The predicted molar refractivity (Wildman–Crippen MR) is 161 cm³/mol. The van der Waals surface area contributed by atoms with Gasteiger partial charge < -0.3 is 19.7 Å². The highest BCUT2D eigenvalue weighted by Crippen LogP contribution is 2.32. The quantitative estimate of drug-likeness (QED) is 0.261. The lowest BCUT2D eigenvalue weighted by Crippen LogP contribution is -2.43. The van der Waals surface area contributed by atoms with Crippen LogP contribution in [0.5, 0.6) is 11.5 Å². The van der Waals surface area contributed by atoms with Crippen molar-refractivity contribution < 1.29 is 23.9 Å². The van der Waals surface area contributed by atoms with Crippen molar-refractivity contribution in [2.24, 2.45) is 5.92 Å². The molecule has 1 N–H and O–H groups in total. The van der Waals surface area contributed by atoms with Gasteiger partial charge in [-0.15, -0.1) is 0 Å². The van der Waals surface area contributed by atoms with Crippen LogP contribution in [0.1, 0.15) is 44.0 Å². The first-order chi connectivity index (χ1) is 20.1. The van der Waals surface area contributed by atoms with Gasteiger partial charge in [-0.05, 0) is 63.4 Å². The topological polar surface area (TPSA) is 103 Å². The minimum atomic E-state index is -0.561. The number of nitrogens with one attached hydrogen (secondary N) is 1. The van der Waals surface area contributed by atoms with Gasteiger partial charge in [0.25, 0.3) is 0 Å². The van der Waals surface area contributed by atoms with E-state index in [4.69, 9.17) is 21.1 Å². The van der Waals surface area contributed by atoms with Gasteiger partial charge in [-0.25, -0.2) is 9.78 Å². The van der Waals surface area contributed by atoms with Crippen LogP contribution >= 0.6 is 11.6 Å². The summed E-state index contributed by atoms with van der Waals surface area (Å²) in [6.45, 7) is 6.39. The molecule has 0 radical (unpaired) electrons. The van der Waals surface area contributed by atoms with E-state index in [1.54, 1.807) is 52.2 Å². The third-order valence-electron chi connectivity index (χ3n) is 6.93.